The van der Waals surface area contributed by atoms with Gasteiger partial charge in [0, 0.05) is 73.5 Å². The number of rotatable bonds is 2. The zero-order valence-electron chi connectivity index (χ0n) is 33.0. The molecule has 5 aromatic rings. The summed E-state index contributed by atoms with van der Waals surface area (Å²) in [5.74, 6) is -5.93. The summed E-state index contributed by atoms with van der Waals surface area (Å²) in [6, 6.07) is 15.0. The van der Waals surface area contributed by atoms with Crippen molar-refractivity contribution in [3.8, 4) is 43.8 Å². The van der Waals surface area contributed by atoms with Crippen LogP contribution < -0.4 is 0 Å². The Morgan fingerprint density at radius 3 is 1.19 bits per heavy atom. The van der Waals surface area contributed by atoms with E-state index in [4.69, 9.17) is 0 Å². The van der Waals surface area contributed by atoms with Gasteiger partial charge in [0.1, 0.15) is 35.4 Å². The molecule has 0 bridgehead atoms. The first kappa shape index (κ1) is 39.4. The van der Waals surface area contributed by atoms with Crippen LogP contribution in [0.3, 0.4) is 0 Å². The van der Waals surface area contributed by atoms with Gasteiger partial charge in [-0.1, -0.05) is 38.5 Å². The molecular weight excluding hydrogens is 861 g/mol. The molecule has 0 unspecified atom stereocenters. The minimum Gasteiger partial charge on any atom is -0.289 e. The molecule has 2 spiro atoms. The number of carbonyl (C=O) groups excluding carboxylic acids is 2. The summed E-state index contributed by atoms with van der Waals surface area (Å²) >= 11 is 4.80. The van der Waals surface area contributed by atoms with Crippen LogP contribution in [0.4, 0.5) is 17.6 Å². The number of Topliss-reactive ketones (excluding diaryl/α,β-unsaturated/α-hetero) is 2. The van der Waals surface area contributed by atoms with E-state index < -0.39 is 34.8 Å². The molecule has 2 fully saturated rings. The summed E-state index contributed by atoms with van der Waals surface area (Å²) < 4.78 is 58.0. The Bertz CT molecular complexity index is 3080. The van der Waals surface area contributed by atoms with Crippen LogP contribution in [-0.4, -0.2) is 11.6 Å². The molecule has 0 amide bonds. The van der Waals surface area contributed by atoms with Gasteiger partial charge < -0.3 is 0 Å². The lowest BCUT2D eigenvalue weighted by Crippen LogP contribution is -2.34. The standard InChI is InChI=1S/C50H28F4N4O2S3/c51-35-15-27-29(17-37(35)53)43(59)31(39(27)23(19-55)20-56)11-25-13-33-45(61-25)47-41(49(33)7-3-1-4-8-49)42-48(63-47)46-34(50(42)9-5-2-6-10-50)14-26(62-46)12-32-40(24(21-57)22-58)28-16-36(52)38(54)18-30(28)44(32)60/h11-18H,1-10H2/b31-11-,32-12+. The smallest absolute Gasteiger partial charge is 0.194 e. The van der Waals surface area contributed by atoms with E-state index in [9.17, 15) is 48.2 Å². The first-order chi connectivity index (χ1) is 30.5. The van der Waals surface area contributed by atoms with Gasteiger partial charge >= 0.3 is 0 Å². The Hall–Kier alpha value is -6.48. The molecule has 11 rings (SSSR count). The highest BCUT2D eigenvalue weighted by molar-refractivity contribution is 7.27. The van der Waals surface area contributed by atoms with Crippen LogP contribution in [0.15, 0.2) is 58.7 Å². The van der Waals surface area contributed by atoms with Gasteiger partial charge in [-0.05, 0) is 108 Å². The van der Waals surface area contributed by atoms with E-state index in [1.54, 1.807) is 23.5 Å². The zero-order chi connectivity index (χ0) is 43.7. The summed E-state index contributed by atoms with van der Waals surface area (Å²) in [5.41, 5.74) is 3.72. The molecule has 0 atom stereocenters. The number of hydrogen-bond acceptors (Lipinski definition) is 9. The van der Waals surface area contributed by atoms with Crippen molar-refractivity contribution in [1.29, 1.82) is 21.0 Å². The summed E-state index contributed by atoms with van der Waals surface area (Å²) in [7, 11) is 0. The molecular formula is C50H28F4N4O2S3. The largest absolute Gasteiger partial charge is 0.289 e. The van der Waals surface area contributed by atoms with Gasteiger partial charge in [-0.2, -0.15) is 21.0 Å². The van der Waals surface area contributed by atoms with Crippen molar-refractivity contribution < 1.29 is 27.2 Å². The van der Waals surface area contributed by atoms with E-state index in [2.05, 4.69) is 12.1 Å². The fourth-order valence-corrected chi connectivity index (χ4v) is 15.6. The number of nitrogens with zero attached hydrogens (tertiary/aromatic N) is 4. The van der Waals surface area contributed by atoms with Gasteiger partial charge in [0.05, 0.1) is 0 Å². The Balaban J connectivity index is 1.08. The third-order valence-electron chi connectivity index (χ3n) is 13.9. The SMILES string of the molecule is N#CC(C#N)=C1/C(=C/c2cc3c(s2)-c2sc4c(c2C32CCCCC2)C2(CCCCC2)c2cc(/C=C3/C(=O)c5cc(F)c(F)cc5C3=C(C#N)C#N)sc2-4)C(=O)c2cc(F)c(F)cc21. The highest BCUT2D eigenvalue weighted by Gasteiger charge is 2.56. The number of halogens is 4. The summed E-state index contributed by atoms with van der Waals surface area (Å²) in [4.78, 5) is 33.7. The fraction of sp³-hybridized carbons (Fsp3) is 0.240. The third-order valence-corrected chi connectivity index (χ3v) is 17.6. The normalized spacial score (nSPS) is 19.4. The molecule has 6 aliphatic carbocycles. The molecule has 0 radical (unpaired) electrons. The molecule has 3 aromatic heterocycles. The maximum Gasteiger partial charge on any atom is 0.194 e. The maximum atomic E-state index is 14.5. The molecule has 6 nitrogen and oxygen atoms in total. The van der Waals surface area contributed by atoms with Crippen LogP contribution >= 0.6 is 34.0 Å². The van der Waals surface area contributed by atoms with Crippen molar-refractivity contribution in [3.05, 3.63) is 136 Å². The predicted molar refractivity (Wildman–Crippen MR) is 232 cm³/mol. The zero-order valence-corrected chi connectivity index (χ0v) is 35.5. The Labute approximate surface area is 370 Å². The lowest BCUT2D eigenvalue weighted by molar-refractivity contribution is 0.103. The van der Waals surface area contributed by atoms with E-state index in [1.165, 1.54) is 54.7 Å². The minimum absolute atomic E-state index is 0.00698. The number of thiophene rings is 3. The second kappa shape index (κ2) is 14.0. The molecule has 306 valence electrons. The van der Waals surface area contributed by atoms with Gasteiger partial charge in [-0.15, -0.1) is 34.0 Å². The van der Waals surface area contributed by atoms with Crippen molar-refractivity contribution in [3.63, 3.8) is 0 Å². The number of benzene rings is 2. The highest BCUT2D eigenvalue weighted by Crippen LogP contribution is 2.70. The first-order valence-electron chi connectivity index (χ1n) is 20.6. The maximum absolute atomic E-state index is 14.5. The monoisotopic (exact) mass is 888 g/mol. The highest BCUT2D eigenvalue weighted by atomic mass is 32.1. The fourth-order valence-electron chi connectivity index (χ4n) is 11.4. The van der Waals surface area contributed by atoms with Crippen molar-refractivity contribution in [2.75, 3.05) is 0 Å². The minimum atomic E-state index is -1.20. The Kier molecular flexibility index (Phi) is 8.76. The first-order valence-corrected chi connectivity index (χ1v) is 23.0. The Morgan fingerprint density at radius 1 is 0.492 bits per heavy atom. The number of carbonyl (C=O) groups is 2. The average molecular weight is 889 g/mol. The molecule has 0 saturated heterocycles. The van der Waals surface area contributed by atoms with Crippen molar-refractivity contribution in [1.82, 2.24) is 0 Å². The average Bonchev–Trinajstić information content (AvgIpc) is 4.15. The topological polar surface area (TPSA) is 129 Å². The number of fused-ring (bicyclic) bond motifs is 13. The lowest BCUT2D eigenvalue weighted by atomic mass is 9.61. The van der Waals surface area contributed by atoms with E-state index in [-0.39, 0.29) is 66.5 Å². The quantitative estimate of drug-likeness (QED) is 0.0986. The molecule has 0 aliphatic heterocycles. The van der Waals surface area contributed by atoms with Gasteiger partial charge in [0.25, 0.3) is 0 Å². The van der Waals surface area contributed by atoms with Gasteiger partial charge in [0.2, 0.25) is 0 Å². The summed E-state index contributed by atoms with van der Waals surface area (Å²) in [6.45, 7) is 0. The van der Waals surface area contributed by atoms with Crippen molar-refractivity contribution in [2.45, 2.75) is 75.0 Å². The number of hydrogen-bond donors (Lipinski definition) is 0. The second-order valence-electron chi connectivity index (χ2n) is 16.9. The Morgan fingerprint density at radius 2 is 0.841 bits per heavy atom. The summed E-state index contributed by atoms with van der Waals surface area (Å²) in [5, 5.41) is 39.6. The van der Waals surface area contributed by atoms with Crippen LogP contribution in [0.5, 0.6) is 0 Å². The molecule has 6 aliphatic rings. The van der Waals surface area contributed by atoms with E-state index in [0.717, 1.165) is 108 Å². The molecule has 63 heavy (non-hydrogen) atoms. The molecule has 0 N–H and O–H groups in total. The van der Waals surface area contributed by atoms with Crippen molar-refractivity contribution in [2.24, 2.45) is 0 Å². The molecule has 2 saturated carbocycles. The predicted octanol–water partition coefficient (Wildman–Crippen LogP) is 13.1. The van der Waals surface area contributed by atoms with Crippen LogP contribution in [0.1, 0.15) is 128 Å². The van der Waals surface area contributed by atoms with E-state index >= 15 is 0 Å². The molecule has 2 aromatic carbocycles. The number of ketones is 2. The van der Waals surface area contributed by atoms with Crippen LogP contribution in [0, 0.1) is 68.6 Å². The van der Waals surface area contributed by atoms with Crippen LogP contribution in [-0.2, 0) is 10.8 Å². The van der Waals surface area contributed by atoms with Gasteiger partial charge in [-0.3, -0.25) is 9.59 Å². The van der Waals surface area contributed by atoms with E-state index in [0.29, 0.717) is 0 Å². The molecule has 3 heterocycles. The third kappa shape index (κ3) is 5.28. The molecule has 13 heteroatoms. The van der Waals surface area contributed by atoms with Crippen molar-refractivity contribution >= 4 is 68.9 Å². The van der Waals surface area contributed by atoms with E-state index in [1.807, 2.05) is 24.3 Å². The lowest BCUT2D eigenvalue weighted by Gasteiger charge is -2.41. The van der Waals surface area contributed by atoms with Crippen LogP contribution in [0.25, 0.3) is 42.8 Å². The van der Waals surface area contributed by atoms with Crippen LogP contribution in [0.2, 0.25) is 0 Å². The number of nitriles is 4. The second-order valence-corrected chi connectivity index (χ2v) is 20.1. The van der Waals surface area contributed by atoms with Gasteiger partial charge in [-0.25, -0.2) is 17.6 Å². The summed E-state index contributed by atoms with van der Waals surface area (Å²) in [6.07, 6.45) is 13.4. The number of allylic oxidation sites excluding steroid dienone is 6. The van der Waals surface area contributed by atoms with Gasteiger partial charge in [0.15, 0.2) is 34.8 Å².